The molecule has 1 saturated heterocycles. The van der Waals surface area contributed by atoms with Crippen molar-refractivity contribution < 1.29 is 9.59 Å². The number of hydrogen-bond acceptors (Lipinski definition) is 4. The van der Waals surface area contributed by atoms with Gasteiger partial charge in [0.25, 0.3) is 5.91 Å². The Balaban J connectivity index is 1.63. The molecule has 3 rings (SSSR count). The van der Waals surface area contributed by atoms with Gasteiger partial charge in [-0.15, -0.1) is 0 Å². The maximum atomic E-state index is 12.2. The van der Waals surface area contributed by atoms with Gasteiger partial charge < -0.3 is 5.32 Å². The normalized spacial score (nSPS) is 15.7. The molecule has 0 unspecified atom stereocenters. The van der Waals surface area contributed by atoms with Crippen molar-refractivity contribution in [3.63, 3.8) is 0 Å². The Morgan fingerprint density at radius 3 is 2.44 bits per heavy atom. The highest BCUT2D eigenvalue weighted by atomic mass is 32.2. The molecule has 6 heteroatoms. The topological polar surface area (TPSA) is 49.4 Å². The molecule has 136 valence electrons. The number of thiocarbonyl (C=S) groups is 1. The van der Waals surface area contributed by atoms with Gasteiger partial charge in [-0.3, -0.25) is 14.5 Å². The zero-order valence-electron chi connectivity index (χ0n) is 14.7. The summed E-state index contributed by atoms with van der Waals surface area (Å²) in [6.07, 6.45) is 5.08. The summed E-state index contributed by atoms with van der Waals surface area (Å²) in [4.78, 5) is 26.5. The number of amides is 2. The van der Waals surface area contributed by atoms with E-state index in [1.165, 1.54) is 17.8 Å². The fraction of sp³-hybridized carbons (Fsp3) is 0.0952. The second-order valence-electron chi connectivity index (χ2n) is 5.78. The van der Waals surface area contributed by atoms with Crippen molar-refractivity contribution in [2.75, 3.05) is 11.9 Å². The van der Waals surface area contributed by atoms with E-state index < -0.39 is 0 Å². The molecule has 0 aromatic heterocycles. The molecule has 1 heterocycles. The summed E-state index contributed by atoms with van der Waals surface area (Å²) >= 11 is 6.52. The smallest absolute Gasteiger partial charge is 0.266 e. The lowest BCUT2D eigenvalue weighted by atomic mass is 10.2. The van der Waals surface area contributed by atoms with Crippen LogP contribution < -0.4 is 5.32 Å². The zero-order valence-corrected chi connectivity index (χ0v) is 16.3. The Bertz CT molecular complexity index is 919. The summed E-state index contributed by atoms with van der Waals surface area (Å²) in [5.41, 5.74) is 2.53. The molecule has 0 spiro atoms. The Morgan fingerprint density at radius 2 is 1.81 bits per heavy atom. The van der Waals surface area contributed by atoms with Gasteiger partial charge in [-0.25, -0.2) is 0 Å². The van der Waals surface area contributed by atoms with Crippen molar-refractivity contribution in [1.29, 1.82) is 0 Å². The Kier molecular flexibility index (Phi) is 6.21. The number of hydrogen-bond donors (Lipinski definition) is 1. The molecular formula is C21H18N2O2S2. The average molecular weight is 395 g/mol. The molecule has 0 aliphatic carbocycles. The molecule has 2 aromatic rings. The van der Waals surface area contributed by atoms with E-state index in [0.717, 1.165) is 11.1 Å². The van der Waals surface area contributed by atoms with Crippen molar-refractivity contribution in [2.24, 2.45) is 0 Å². The maximum Gasteiger partial charge on any atom is 0.266 e. The first-order valence-corrected chi connectivity index (χ1v) is 9.69. The van der Waals surface area contributed by atoms with E-state index >= 15 is 0 Å². The molecule has 2 amide bonds. The van der Waals surface area contributed by atoms with Crippen LogP contribution in [0.3, 0.4) is 0 Å². The van der Waals surface area contributed by atoms with E-state index in [1.54, 1.807) is 23.1 Å². The zero-order chi connectivity index (χ0) is 19.2. The number of benzene rings is 2. The molecule has 27 heavy (non-hydrogen) atoms. The molecular weight excluding hydrogens is 376 g/mol. The predicted octanol–water partition coefficient (Wildman–Crippen LogP) is 4.56. The molecule has 2 aromatic carbocycles. The van der Waals surface area contributed by atoms with Crippen molar-refractivity contribution in [2.45, 2.75) is 6.92 Å². The lowest BCUT2D eigenvalue weighted by Crippen LogP contribution is -2.27. The molecule has 1 N–H and O–H groups in total. The second-order valence-corrected chi connectivity index (χ2v) is 7.46. The van der Waals surface area contributed by atoms with Crippen molar-refractivity contribution in [1.82, 2.24) is 4.90 Å². The summed E-state index contributed by atoms with van der Waals surface area (Å²) in [6, 6.07) is 17.0. The van der Waals surface area contributed by atoms with Gasteiger partial charge >= 0.3 is 0 Å². The number of thioether (sulfide) groups is 1. The summed E-state index contributed by atoms with van der Waals surface area (Å²) in [5.74, 6) is -0.258. The quantitative estimate of drug-likeness (QED) is 0.597. The SMILES string of the molecule is CCN1C(=O)C(=Cc2ccc(NC(=O)C=Cc3ccccc3)cc2)SC1=S. The van der Waals surface area contributed by atoms with Gasteiger partial charge in [0.2, 0.25) is 5.91 Å². The summed E-state index contributed by atoms with van der Waals surface area (Å²) in [5, 5.41) is 2.82. The standard InChI is InChI=1S/C21H18N2O2S2/c1-2-23-20(25)18(27-21(23)26)14-16-8-11-17(12-9-16)22-19(24)13-10-15-6-4-3-5-7-15/h3-14H,2H2,1H3,(H,22,24). The van der Waals surface area contributed by atoms with Gasteiger partial charge in [-0.2, -0.15) is 0 Å². The first-order valence-electron chi connectivity index (χ1n) is 8.46. The molecule has 0 saturated carbocycles. The monoisotopic (exact) mass is 394 g/mol. The van der Waals surface area contributed by atoms with Crippen LogP contribution in [-0.2, 0) is 9.59 Å². The van der Waals surface area contributed by atoms with Crippen LogP contribution in [0, 0.1) is 0 Å². The lowest BCUT2D eigenvalue weighted by Gasteiger charge is -2.09. The number of carbonyl (C=O) groups excluding carboxylic acids is 2. The van der Waals surface area contributed by atoms with Gasteiger partial charge in [0, 0.05) is 18.3 Å². The predicted molar refractivity (Wildman–Crippen MR) is 116 cm³/mol. The lowest BCUT2D eigenvalue weighted by molar-refractivity contribution is -0.122. The van der Waals surface area contributed by atoms with Gasteiger partial charge in [0.05, 0.1) is 4.91 Å². The molecule has 1 fully saturated rings. The second kappa shape index (κ2) is 8.79. The molecule has 0 bridgehead atoms. The largest absolute Gasteiger partial charge is 0.323 e. The third-order valence-corrected chi connectivity index (χ3v) is 5.27. The third kappa shape index (κ3) is 4.93. The maximum absolute atomic E-state index is 12.2. The van der Waals surface area contributed by atoms with Gasteiger partial charge in [-0.05, 0) is 42.3 Å². The van der Waals surface area contributed by atoms with Crippen LogP contribution in [0.25, 0.3) is 12.2 Å². The van der Waals surface area contributed by atoms with E-state index in [1.807, 2.05) is 55.5 Å². The van der Waals surface area contributed by atoms with Gasteiger partial charge in [-0.1, -0.05) is 66.4 Å². The molecule has 1 aliphatic rings. The molecule has 0 atom stereocenters. The Hall–Kier alpha value is -2.70. The van der Waals surface area contributed by atoms with Crippen LogP contribution in [0.5, 0.6) is 0 Å². The van der Waals surface area contributed by atoms with Crippen LogP contribution in [0.2, 0.25) is 0 Å². The molecule has 4 nitrogen and oxygen atoms in total. The Morgan fingerprint density at radius 1 is 1.11 bits per heavy atom. The van der Waals surface area contributed by atoms with Gasteiger partial charge in [0.15, 0.2) is 0 Å². The van der Waals surface area contributed by atoms with Gasteiger partial charge in [0.1, 0.15) is 4.32 Å². The van der Waals surface area contributed by atoms with Crippen molar-refractivity contribution in [3.8, 4) is 0 Å². The number of anilines is 1. The number of rotatable bonds is 5. The van der Waals surface area contributed by atoms with Crippen LogP contribution in [0.1, 0.15) is 18.1 Å². The fourth-order valence-electron chi connectivity index (χ4n) is 2.51. The van der Waals surface area contributed by atoms with E-state index in [2.05, 4.69) is 5.32 Å². The minimum Gasteiger partial charge on any atom is -0.323 e. The number of carbonyl (C=O) groups is 2. The van der Waals surface area contributed by atoms with Crippen LogP contribution in [-0.4, -0.2) is 27.6 Å². The van der Waals surface area contributed by atoms with Crippen molar-refractivity contribution >= 4 is 58.0 Å². The minimum atomic E-state index is -0.199. The highest BCUT2D eigenvalue weighted by molar-refractivity contribution is 8.26. The summed E-state index contributed by atoms with van der Waals surface area (Å²) in [7, 11) is 0. The Labute approximate surface area is 168 Å². The number of nitrogens with one attached hydrogen (secondary N) is 1. The molecule has 0 radical (unpaired) electrons. The fourth-order valence-corrected chi connectivity index (χ4v) is 3.89. The number of likely N-dealkylation sites (N-methyl/N-ethyl adjacent to an activating group) is 1. The average Bonchev–Trinajstić information content (AvgIpc) is 2.95. The number of nitrogens with zero attached hydrogens (tertiary/aromatic N) is 1. The highest BCUT2D eigenvalue weighted by Crippen LogP contribution is 2.32. The summed E-state index contributed by atoms with van der Waals surface area (Å²) < 4.78 is 0.586. The third-order valence-electron chi connectivity index (χ3n) is 3.89. The summed E-state index contributed by atoms with van der Waals surface area (Å²) in [6.45, 7) is 2.47. The van der Waals surface area contributed by atoms with Crippen LogP contribution in [0.15, 0.2) is 65.6 Å². The van der Waals surface area contributed by atoms with E-state index in [0.29, 0.717) is 21.5 Å². The van der Waals surface area contributed by atoms with Crippen molar-refractivity contribution in [3.05, 3.63) is 76.7 Å². The van der Waals surface area contributed by atoms with Crippen LogP contribution >= 0.6 is 24.0 Å². The highest BCUT2D eigenvalue weighted by Gasteiger charge is 2.30. The minimum absolute atomic E-state index is 0.0593. The first kappa shape index (κ1) is 19.1. The molecule has 1 aliphatic heterocycles. The van der Waals surface area contributed by atoms with E-state index in [9.17, 15) is 9.59 Å². The first-order chi connectivity index (χ1) is 13.1. The van der Waals surface area contributed by atoms with E-state index in [4.69, 9.17) is 12.2 Å². The van der Waals surface area contributed by atoms with E-state index in [-0.39, 0.29) is 11.8 Å². The van der Waals surface area contributed by atoms with Crippen LogP contribution in [0.4, 0.5) is 5.69 Å².